The number of hydrogen-bond acceptors (Lipinski definition) is 6. The summed E-state index contributed by atoms with van der Waals surface area (Å²) >= 11 is 0. The Labute approximate surface area is 162 Å². The summed E-state index contributed by atoms with van der Waals surface area (Å²) in [6.07, 6.45) is 5.10. The molecule has 1 aromatic carbocycles. The normalized spacial score (nSPS) is 16.8. The van der Waals surface area contributed by atoms with E-state index in [4.69, 9.17) is 4.52 Å². The quantitative estimate of drug-likeness (QED) is 0.679. The van der Waals surface area contributed by atoms with Crippen molar-refractivity contribution in [2.45, 2.75) is 51.8 Å². The SMILES string of the molecule is CCc1nc(-c2ccc3c(c2)CC[C@H]3NC(=O)c2cnn(C[C@H](C)O)c2)no1. The lowest BCUT2D eigenvalue weighted by Crippen LogP contribution is -2.26. The Hall–Kier alpha value is -3.00. The smallest absolute Gasteiger partial charge is 0.254 e. The van der Waals surface area contributed by atoms with Gasteiger partial charge in [-0.2, -0.15) is 10.1 Å². The molecule has 2 N–H and O–H groups in total. The lowest BCUT2D eigenvalue weighted by atomic mass is 10.0. The van der Waals surface area contributed by atoms with Gasteiger partial charge in [-0.15, -0.1) is 0 Å². The highest BCUT2D eigenvalue weighted by atomic mass is 16.5. The van der Waals surface area contributed by atoms with E-state index < -0.39 is 6.10 Å². The average Bonchev–Trinajstić information content (AvgIpc) is 3.40. The number of nitrogens with one attached hydrogen (secondary N) is 1. The van der Waals surface area contributed by atoms with Crippen LogP contribution in [0.25, 0.3) is 11.4 Å². The zero-order valence-corrected chi connectivity index (χ0v) is 15.9. The Morgan fingerprint density at radius 1 is 1.46 bits per heavy atom. The van der Waals surface area contributed by atoms with Gasteiger partial charge in [-0.05, 0) is 37.0 Å². The van der Waals surface area contributed by atoms with Crippen LogP contribution in [-0.2, 0) is 19.4 Å². The van der Waals surface area contributed by atoms with E-state index in [0.717, 1.165) is 24.0 Å². The lowest BCUT2D eigenvalue weighted by molar-refractivity contribution is 0.0936. The van der Waals surface area contributed by atoms with E-state index in [2.05, 4.69) is 26.6 Å². The van der Waals surface area contributed by atoms with Crippen LogP contribution in [0, 0.1) is 0 Å². The van der Waals surface area contributed by atoms with Crippen LogP contribution >= 0.6 is 0 Å². The molecule has 146 valence electrons. The van der Waals surface area contributed by atoms with Gasteiger partial charge in [0.1, 0.15) is 0 Å². The maximum absolute atomic E-state index is 12.6. The third-order valence-corrected chi connectivity index (χ3v) is 4.90. The van der Waals surface area contributed by atoms with Crippen molar-refractivity contribution in [1.29, 1.82) is 0 Å². The van der Waals surface area contributed by atoms with Crippen molar-refractivity contribution in [2.75, 3.05) is 0 Å². The molecular weight excluding hydrogens is 358 g/mol. The number of aromatic nitrogens is 4. The number of fused-ring (bicyclic) bond motifs is 1. The number of aliphatic hydroxyl groups is 1. The first kappa shape index (κ1) is 18.4. The highest BCUT2D eigenvalue weighted by Gasteiger charge is 2.25. The molecule has 1 amide bonds. The molecule has 2 aromatic heterocycles. The number of rotatable bonds is 6. The second kappa shape index (κ2) is 7.55. The second-order valence-electron chi connectivity index (χ2n) is 7.14. The zero-order valence-electron chi connectivity index (χ0n) is 15.9. The van der Waals surface area contributed by atoms with Gasteiger partial charge in [-0.25, -0.2) is 0 Å². The van der Waals surface area contributed by atoms with Crippen molar-refractivity contribution in [2.24, 2.45) is 0 Å². The van der Waals surface area contributed by atoms with Crippen LogP contribution in [0.15, 0.2) is 35.1 Å². The van der Waals surface area contributed by atoms with Crippen LogP contribution in [0.3, 0.4) is 0 Å². The molecule has 1 aliphatic carbocycles. The van der Waals surface area contributed by atoms with Crippen molar-refractivity contribution in [3.8, 4) is 11.4 Å². The molecule has 1 aliphatic rings. The van der Waals surface area contributed by atoms with Gasteiger partial charge in [0.05, 0.1) is 30.5 Å². The van der Waals surface area contributed by atoms with Crippen molar-refractivity contribution in [3.63, 3.8) is 0 Å². The number of benzene rings is 1. The molecule has 3 aromatic rings. The summed E-state index contributed by atoms with van der Waals surface area (Å²) in [6.45, 7) is 4.02. The van der Waals surface area contributed by atoms with Gasteiger partial charge in [-0.3, -0.25) is 9.48 Å². The fraction of sp³-hybridized carbons (Fsp3) is 0.400. The summed E-state index contributed by atoms with van der Waals surface area (Å²) in [5, 5.41) is 20.7. The minimum absolute atomic E-state index is 0.0341. The number of carbonyl (C=O) groups is 1. The Morgan fingerprint density at radius 3 is 3.07 bits per heavy atom. The van der Waals surface area contributed by atoms with Gasteiger partial charge >= 0.3 is 0 Å². The molecule has 0 fully saturated rings. The van der Waals surface area contributed by atoms with Crippen LogP contribution in [0.5, 0.6) is 0 Å². The topological polar surface area (TPSA) is 106 Å². The van der Waals surface area contributed by atoms with E-state index >= 15 is 0 Å². The average molecular weight is 381 g/mol. The number of aliphatic hydroxyl groups excluding tert-OH is 1. The highest BCUT2D eigenvalue weighted by molar-refractivity contribution is 5.94. The van der Waals surface area contributed by atoms with Gasteiger partial charge < -0.3 is 14.9 Å². The van der Waals surface area contributed by atoms with Gasteiger partial charge in [0.25, 0.3) is 5.91 Å². The van der Waals surface area contributed by atoms with E-state index in [-0.39, 0.29) is 11.9 Å². The number of hydrogen-bond donors (Lipinski definition) is 2. The van der Waals surface area contributed by atoms with E-state index in [9.17, 15) is 9.90 Å². The van der Waals surface area contributed by atoms with Crippen LogP contribution in [0.4, 0.5) is 0 Å². The van der Waals surface area contributed by atoms with E-state index in [1.165, 1.54) is 11.8 Å². The molecule has 0 spiro atoms. The predicted octanol–water partition coefficient (Wildman–Crippen LogP) is 2.29. The molecule has 0 radical (unpaired) electrons. The number of nitrogens with zero attached hydrogens (tertiary/aromatic N) is 4. The summed E-state index contributed by atoms with van der Waals surface area (Å²) in [7, 11) is 0. The monoisotopic (exact) mass is 381 g/mol. The number of carbonyl (C=O) groups excluding carboxylic acids is 1. The van der Waals surface area contributed by atoms with Crippen LogP contribution < -0.4 is 5.32 Å². The van der Waals surface area contributed by atoms with E-state index in [1.54, 1.807) is 17.8 Å². The summed E-state index contributed by atoms with van der Waals surface area (Å²) in [4.78, 5) is 17.0. The van der Waals surface area contributed by atoms with Crippen molar-refractivity contribution >= 4 is 5.91 Å². The zero-order chi connectivity index (χ0) is 19.7. The summed E-state index contributed by atoms with van der Waals surface area (Å²) in [5.41, 5.74) is 3.72. The van der Waals surface area contributed by atoms with Crippen LogP contribution in [-0.4, -0.2) is 37.0 Å². The molecule has 0 saturated carbocycles. The lowest BCUT2D eigenvalue weighted by Gasteiger charge is -2.13. The first-order valence-electron chi connectivity index (χ1n) is 9.50. The third kappa shape index (κ3) is 3.68. The molecule has 2 atom stereocenters. The second-order valence-corrected chi connectivity index (χ2v) is 7.14. The molecule has 28 heavy (non-hydrogen) atoms. The number of amides is 1. The maximum atomic E-state index is 12.6. The minimum atomic E-state index is -0.515. The molecule has 0 aliphatic heterocycles. The first-order valence-corrected chi connectivity index (χ1v) is 9.50. The molecule has 4 rings (SSSR count). The highest BCUT2D eigenvalue weighted by Crippen LogP contribution is 2.34. The molecule has 0 bridgehead atoms. The Balaban J connectivity index is 1.47. The molecular formula is C20H23N5O3. The van der Waals surface area contributed by atoms with E-state index in [1.807, 2.05) is 19.1 Å². The molecule has 2 heterocycles. The van der Waals surface area contributed by atoms with Crippen molar-refractivity contribution in [1.82, 2.24) is 25.2 Å². The van der Waals surface area contributed by atoms with E-state index in [0.29, 0.717) is 30.2 Å². The standard InChI is InChI=1S/C20H23N5O3/c1-3-18-23-19(24-28-18)14-4-6-16-13(8-14)5-7-17(16)22-20(27)15-9-21-25(11-15)10-12(2)26/h4,6,8-9,11-12,17,26H,3,5,7,10H2,1-2H3,(H,22,27)/t12-,17+/m0/s1. The molecule has 0 saturated heterocycles. The Morgan fingerprint density at radius 2 is 2.32 bits per heavy atom. The van der Waals surface area contributed by atoms with Crippen molar-refractivity contribution < 1.29 is 14.4 Å². The summed E-state index contributed by atoms with van der Waals surface area (Å²) in [5.74, 6) is 1.05. The molecule has 8 nitrogen and oxygen atoms in total. The summed E-state index contributed by atoms with van der Waals surface area (Å²) in [6, 6.07) is 6.04. The van der Waals surface area contributed by atoms with Gasteiger partial charge in [0, 0.05) is 18.2 Å². The van der Waals surface area contributed by atoms with Crippen LogP contribution in [0.1, 0.15) is 53.7 Å². The largest absolute Gasteiger partial charge is 0.391 e. The predicted molar refractivity (Wildman–Crippen MR) is 102 cm³/mol. The fourth-order valence-corrected chi connectivity index (χ4v) is 3.52. The Kier molecular flexibility index (Phi) is 4.95. The fourth-order valence-electron chi connectivity index (χ4n) is 3.52. The third-order valence-electron chi connectivity index (χ3n) is 4.90. The van der Waals surface area contributed by atoms with Gasteiger partial charge in [0.15, 0.2) is 0 Å². The molecule has 0 unspecified atom stereocenters. The van der Waals surface area contributed by atoms with Gasteiger partial charge in [-0.1, -0.05) is 24.2 Å². The summed E-state index contributed by atoms with van der Waals surface area (Å²) < 4.78 is 6.77. The van der Waals surface area contributed by atoms with Crippen LogP contribution in [0.2, 0.25) is 0 Å². The van der Waals surface area contributed by atoms with Gasteiger partial charge in [0.2, 0.25) is 11.7 Å². The van der Waals surface area contributed by atoms with Crippen molar-refractivity contribution in [3.05, 3.63) is 53.2 Å². The maximum Gasteiger partial charge on any atom is 0.254 e. The Bertz CT molecular complexity index is 991. The first-order chi connectivity index (χ1) is 13.5. The molecule has 8 heteroatoms. The number of aryl methyl sites for hydroxylation is 2. The minimum Gasteiger partial charge on any atom is -0.391 e.